The lowest BCUT2D eigenvalue weighted by atomic mass is 9.95. The minimum atomic E-state index is -1.28. The van der Waals surface area contributed by atoms with Gasteiger partial charge >= 0.3 is 18.0 Å². The summed E-state index contributed by atoms with van der Waals surface area (Å²) in [5, 5.41) is 25.0. The molecular weight excluding hydrogens is 542 g/mol. The molecule has 2 unspecified atom stereocenters. The van der Waals surface area contributed by atoms with Gasteiger partial charge in [-0.3, -0.25) is 20.2 Å². The summed E-state index contributed by atoms with van der Waals surface area (Å²) in [7, 11) is 0. The number of hydrogen-bond acceptors (Lipinski definition) is 9. The molecular formula is C25H28N7O7S+. The van der Waals surface area contributed by atoms with E-state index in [1.165, 1.54) is 22.9 Å². The molecule has 3 aliphatic rings. The zero-order chi connectivity index (χ0) is 28.8. The summed E-state index contributed by atoms with van der Waals surface area (Å²) in [5.74, 6) is -1.81. The molecule has 15 heteroatoms. The fourth-order valence-corrected chi connectivity index (χ4v) is 6.70. The number of nitrogens with one attached hydrogen (secondary N) is 3. The Hall–Kier alpha value is -4.24. The van der Waals surface area contributed by atoms with Crippen LogP contribution >= 0.6 is 11.8 Å². The molecule has 3 fully saturated rings. The number of thioether (sulfide) groups is 1. The van der Waals surface area contributed by atoms with Gasteiger partial charge in [0.15, 0.2) is 0 Å². The van der Waals surface area contributed by atoms with Gasteiger partial charge in [0.2, 0.25) is 11.8 Å². The third kappa shape index (κ3) is 4.60. The van der Waals surface area contributed by atoms with E-state index in [-0.39, 0.29) is 13.1 Å². The molecule has 210 valence electrons. The lowest BCUT2D eigenvalue weighted by Crippen LogP contribution is -2.71. The van der Waals surface area contributed by atoms with Crippen molar-refractivity contribution in [1.82, 2.24) is 26.0 Å². The number of quaternary nitrogens is 1. The number of carbonyl (C=O) groups is 5. The van der Waals surface area contributed by atoms with Crippen molar-refractivity contribution < 1.29 is 38.2 Å². The highest BCUT2D eigenvalue weighted by molar-refractivity contribution is 8.01. The molecule has 5 rings (SSSR count). The third-order valence-corrected chi connectivity index (χ3v) is 8.62. The first-order chi connectivity index (χ1) is 18.9. The van der Waals surface area contributed by atoms with Gasteiger partial charge in [0, 0.05) is 10.8 Å². The Balaban J connectivity index is 1.38. The topological polar surface area (TPSA) is 183 Å². The van der Waals surface area contributed by atoms with E-state index in [4.69, 9.17) is 4.52 Å². The van der Waals surface area contributed by atoms with Gasteiger partial charge in [-0.25, -0.2) is 14.4 Å². The molecule has 6 amide bonds. The van der Waals surface area contributed by atoms with Gasteiger partial charge in [-0.2, -0.15) is 0 Å². The van der Waals surface area contributed by atoms with Crippen molar-refractivity contribution in [3.8, 4) is 0 Å². The average molecular weight is 571 g/mol. The van der Waals surface area contributed by atoms with Crippen molar-refractivity contribution in [1.29, 1.82) is 0 Å². The number of carboxylic acid groups (broad SMARTS) is 1. The van der Waals surface area contributed by atoms with Crippen LogP contribution in [0.25, 0.3) is 0 Å². The number of carbonyl (C=O) groups excluding carboxylic acids is 4. The number of carboxylic acids is 1. The van der Waals surface area contributed by atoms with Crippen LogP contribution in [0, 0.1) is 6.92 Å². The van der Waals surface area contributed by atoms with Crippen molar-refractivity contribution in [2.24, 2.45) is 5.10 Å². The van der Waals surface area contributed by atoms with E-state index in [1.54, 1.807) is 57.2 Å². The summed E-state index contributed by atoms with van der Waals surface area (Å²) in [5.41, 5.74) is 0.721. The smallest absolute Gasteiger partial charge is 0.453 e. The molecule has 0 radical (unpaired) electrons. The molecule has 5 atom stereocenters. The Morgan fingerprint density at radius 3 is 2.62 bits per heavy atom. The maximum absolute atomic E-state index is 13.6. The van der Waals surface area contributed by atoms with Crippen LogP contribution in [0.4, 0.5) is 9.59 Å². The van der Waals surface area contributed by atoms with Crippen molar-refractivity contribution in [3.05, 3.63) is 53.4 Å². The summed E-state index contributed by atoms with van der Waals surface area (Å²) in [6, 6.07) is 5.12. The normalized spacial score (nSPS) is 27.6. The molecule has 0 bridgehead atoms. The molecule has 3 aliphatic heterocycles. The number of nitrogens with zero attached hydrogens (tertiary/aromatic N) is 4. The van der Waals surface area contributed by atoms with E-state index < -0.39 is 62.7 Å². The lowest BCUT2D eigenvalue weighted by molar-refractivity contribution is -0.764. The molecule has 1 aromatic carbocycles. The SMILES string of the molecule is Cc1cc(C=N[N+]2(C(=O)NC(C(=O)N[C@@H]3C(=O)N4[C@@H]3SC(C)(C)[C@@H]4C(=O)O)c3ccccc3)CCNC2=O)no1. The molecule has 0 aliphatic carbocycles. The molecule has 40 heavy (non-hydrogen) atoms. The first-order valence-corrected chi connectivity index (χ1v) is 13.4. The zero-order valence-electron chi connectivity index (χ0n) is 21.9. The van der Waals surface area contributed by atoms with Crippen LogP contribution in [0.15, 0.2) is 46.0 Å². The highest BCUT2D eigenvalue weighted by atomic mass is 32.2. The predicted octanol–water partition coefficient (Wildman–Crippen LogP) is 0.940. The van der Waals surface area contributed by atoms with Crippen LogP contribution in [-0.2, 0) is 14.4 Å². The maximum atomic E-state index is 13.6. The number of aromatic nitrogens is 1. The van der Waals surface area contributed by atoms with Crippen LogP contribution in [0.1, 0.15) is 36.9 Å². The second kappa shape index (κ2) is 10.1. The van der Waals surface area contributed by atoms with Gasteiger partial charge in [-0.15, -0.1) is 11.8 Å². The predicted molar refractivity (Wildman–Crippen MR) is 141 cm³/mol. The lowest BCUT2D eigenvalue weighted by Gasteiger charge is -2.44. The fraction of sp³-hybridized carbons (Fsp3) is 0.400. The summed E-state index contributed by atoms with van der Waals surface area (Å²) in [6.07, 6.45) is 1.25. The first kappa shape index (κ1) is 27.3. The van der Waals surface area contributed by atoms with Crippen molar-refractivity contribution in [2.75, 3.05) is 13.1 Å². The molecule has 4 heterocycles. The van der Waals surface area contributed by atoms with Gasteiger partial charge in [-0.1, -0.05) is 40.6 Å². The monoisotopic (exact) mass is 570 g/mol. The number of imide groups is 1. The van der Waals surface area contributed by atoms with E-state index in [1.807, 2.05) is 0 Å². The highest BCUT2D eigenvalue weighted by Gasteiger charge is 2.64. The average Bonchev–Trinajstić information content (AvgIpc) is 3.58. The number of β-lactam (4-membered cyclic amide) rings is 1. The van der Waals surface area contributed by atoms with Crippen LogP contribution in [0.2, 0.25) is 0 Å². The van der Waals surface area contributed by atoms with Gasteiger partial charge in [0.05, 0.1) is 6.54 Å². The van der Waals surface area contributed by atoms with Gasteiger partial charge < -0.3 is 19.8 Å². The zero-order valence-corrected chi connectivity index (χ0v) is 22.7. The van der Waals surface area contributed by atoms with Gasteiger partial charge in [0.1, 0.15) is 47.7 Å². The molecule has 3 saturated heterocycles. The molecule has 2 aromatic rings. The summed E-state index contributed by atoms with van der Waals surface area (Å²) in [4.78, 5) is 66.1. The van der Waals surface area contributed by atoms with E-state index >= 15 is 0 Å². The Labute approximate surface area is 232 Å². The highest BCUT2D eigenvalue weighted by Crippen LogP contribution is 2.50. The Kier molecular flexibility index (Phi) is 6.87. The largest absolute Gasteiger partial charge is 0.480 e. The number of amides is 6. The number of hydrogen-bond donors (Lipinski definition) is 4. The Morgan fingerprint density at radius 2 is 2.02 bits per heavy atom. The quantitative estimate of drug-likeness (QED) is 0.214. The number of benzene rings is 1. The third-order valence-electron chi connectivity index (χ3n) is 7.05. The summed E-state index contributed by atoms with van der Waals surface area (Å²) >= 11 is 1.29. The summed E-state index contributed by atoms with van der Waals surface area (Å²) in [6.45, 7) is 5.32. The Morgan fingerprint density at radius 1 is 1.30 bits per heavy atom. The second-order valence-corrected chi connectivity index (χ2v) is 12.0. The fourth-order valence-electron chi connectivity index (χ4n) is 5.08. The number of aliphatic carboxylic acids is 1. The van der Waals surface area contributed by atoms with Crippen LogP contribution in [0.3, 0.4) is 0 Å². The van der Waals surface area contributed by atoms with E-state index in [0.717, 1.165) is 0 Å². The molecule has 14 nitrogen and oxygen atoms in total. The van der Waals surface area contributed by atoms with Crippen molar-refractivity contribution >= 4 is 47.8 Å². The van der Waals surface area contributed by atoms with Crippen LogP contribution in [-0.4, -0.2) is 91.1 Å². The minimum absolute atomic E-state index is 0.0123. The molecule has 0 spiro atoms. The van der Waals surface area contributed by atoms with E-state index in [0.29, 0.717) is 17.0 Å². The van der Waals surface area contributed by atoms with E-state index in [2.05, 4.69) is 26.2 Å². The van der Waals surface area contributed by atoms with Crippen LogP contribution < -0.4 is 16.0 Å². The minimum Gasteiger partial charge on any atom is -0.480 e. The number of urea groups is 2. The Bertz CT molecular complexity index is 1410. The molecule has 0 saturated carbocycles. The second-order valence-electron chi connectivity index (χ2n) is 10.2. The number of aryl methyl sites for hydroxylation is 1. The van der Waals surface area contributed by atoms with E-state index in [9.17, 15) is 29.1 Å². The standard InChI is InChI=1S/C25H27N7O7S/c1-13-11-15(30-39-13)12-27-32(10-9-26-23(32)37)24(38)29-16(14-7-5-4-6-8-14)19(33)28-17-20(34)31-18(22(35)36)25(2,3)40-21(17)31/h4-8,11-12,16-18,21H,9-10H2,1-3H3,(H3-,26,28,29,33,35,36,37,38)/p+1/t16?,17-,18+,21-,32?/m1/s1. The van der Waals surface area contributed by atoms with Crippen molar-refractivity contribution in [3.63, 3.8) is 0 Å². The van der Waals surface area contributed by atoms with Crippen molar-refractivity contribution in [2.45, 2.75) is 49.0 Å². The number of rotatable bonds is 7. The van der Waals surface area contributed by atoms with Gasteiger partial charge in [0.25, 0.3) is 0 Å². The van der Waals surface area contributed by atoms with Crippen LogP contribution in [0.5, 0.6) is 0 Å². The molecule has 4 N–H and O–H groups in total. The molecule has 1 aromatic heterocycles. The first-order valence-electron chi connectivity index (χ1n) is 12.5. The van der Waals surface area contributed by atoms with Gasteiger partial charge in [-0.05, 0) is 30.9 Å². The number of fused-ring (bicyclic) bond motifs is 1. The maximum Gasteiger partial charge on any atom is 0.453 e. The summed E-state index contributed by atoms with van der Waals surface area (Å²) < 4.78 is 3.24.